The van der Waals surface area contributed by atoms with Crippen molar-refractivity contribution in [3.63, 3.8) is 0 Å². The van der Waals surface area contributed by atoms with E-state index >= 15 is 0 Å². The SMILES string of the molecule is CCc1csc(NCc2cccc(COC)c2)n1. The number of aromatic nitrogens is 1. The maximum absolute atomic E-state index is 5.13. The average molecular weight is 262 g/mol. The van der Waals surface area contributed by atoms with E-state index in [1.807, 2.05) is 0 Å². The van der Waals surface area contributed by atoms with E-state index in [2.05, 4.69) is 46.9 Å². The Morgan fingerprint density at radius 2 is 2.17 bits per heavy atom. The molecule has 0 spiro atoms. The molecule has 4 heteroatoms. The maximum atomic E-state index is 5.13. The lowest BCUT2D eigenvalue weighted by Gasteiger charge is -2.05. The summed E-state index contributed by atoms with van der Waals surface area (Å²) in [5.74, 6) is 0. The molecule has 0 fully saturated rings. The van der Waals surface area contributed by atoms with Gasteiger partial charge in [0.05, 0.1) is 12.3 Å². The van der Waals surface area contributed by atoms with E-state index in [4.69, 9.17) is 4.74 Å². The van der Waals surface area contributed by atoms with Gasteiger partial charge in [0.2, 0.25) is 0 Å². The second-order valence-electron chi connectivity index (χ2n) is 4.10. The molecule has 0 atom stereocenters. The van der Waals surface area contributed by atoms with Gasteiger partial charge in [-0.2, -0.15) is 0 Å². The summed E-state index contributed by atoms with van der Waals surface area (Å²) < 4.78 is 5.13. The molecule has 0 aliphatic rings. The zero-order chi connectivity index (χ0) is 12.8. The molecule has 0 aliphatic heterocycles. The van der Waals surface area contributed by atoms with Crippen LogP contribution in [-0.4, -0.2) is 12.1 Å². The van der Waals surface area contributed by atoms with Crippen molar-refractivity contribution in [3.8, 4) is 0 Å². The Labute approximate surface area is 112 Å². The fourth-order valence-electron chi connectivity index (χ4n) is 1.72. The quantitative estimate of drug-likeness (QED) is 0.865. The molecule has 0 unspecified atom stereocenters. The van der Waals surface area contributed by atoms with Gasteiger partial charge in [0.25, 0.3) is 0 Å². The number of hydrogen-bond acceptors (Lipinski definition) is 4. The lowest BCUT2D eigenvalue weighted by Crippen LogP contribution is -2.00. The molecule has 0 bridgehead atoms. The molecule has 18 heavy (non-hydrogen) atoms. The van der Waals surface area contributed by atoms with E-state index in [1.165, 1.54) is 11.1 Å². The van der Waals surface area contributed by atoms with Crippen molar-refractivity contribution in [3.05, 3.63) is 46.5 Å². The number of rotatable bonds is 6. The molecule has 0 amide bonds. The highest BCUT2D eigenvalue weighted by Crippen LogP contribution is 2.17. The van der Waals surface area contributed by atoms with Crippen LogP contribution in [0, 0.1) is 0 Å². The third-order valence-electron chi connectivity index (χ3n) is 2.66. The summed E-state index contributed by atoms with van der Waals surface area (Å²) in [6.07, 6.45) is 0.988. The molecule has 1 aromatic heterocycles. The number of methoxy groups -OCH3 is 1. The zero-order valence-electron chi connectivity index (χ0n) is 10.8. The van der Waals surface area contributed by atoms with E-state index in [-0.39, 0.29) is 0 Å². The molecule has 1 aromatic carbocycles. The summed E-state index contributed by atoms with van der Waals surface area (Å²) >= 11 is 1.66. The van der Waals surface area contributed by atoms with Crippen LogP contribution in [0.15, 0.2) is 29.6 Å². The molecular formula is C14H18N2OS. The first-order valence-electron chi connectivity index (χ1n) is 6.07. The van der Waals surface area contributed by atoms with E-state index in [9.17, 15) is 0 Å². The summed E-state index contributed by atoms with van der Waals surface area (Å²) in [7, 11) is 1.72. The summed E-state index contributed by atoms with van der Waals surface area (Å²) in [6, 6.07) is 8.40. The summed E-state index contributed by atoms with van der Waals surface area (Å²) in [4.78, 5) is 4.49. The molecule has 96 valence electrons. The van der Waals surface area contributed by atoms with Crippen LogP contribution in [0.25, 0.3) is 0 Å². The molecule has 0 saturated heterocycles. The van der Waals surface area contributed by atoms with E-state index in [1.54, 1.807) is 18.4 Å². The van der Waals surface area contributed by atoms with Gasteiger partial charge in [0.1, 0.15) is 0 Å². The number of anilines is 1. The monoisotopic (exact) mass is 262 g/mol. The summed E-state index contributed by atoms with van der Waals surface area (Å²) in [5.41, 5.74) is 3.60. The molecular weight excluding hydrogens is 244 g/mol. The van der Waals surface area contributed by atoms with E-state index in [0.717, 1.165) is 23.8 Å². The predicted molar refractivity (Wildman–Crippen MR) is 76.0 cm³/mol. The molecule has 0 radical (unpaired) electrons. The maximum Gasteiger partial charge on any atom is 0.183 e. The van der Waals surface area contributed by atoms with Crippen molar-refractivity contribution in [2.24, 2.45) is 0 Å². The minimum absolute atomic E-state index is 0.658. The van der Waals surface area contributed by atoms with E-state index in [0.29, 0.717) is 6.61 Å². The molecule has 0 saturated carbocycles. The fraction of sp³-hybridized carbons (Fsp3) is 0.357. The first-order chi connectivity index (χ1) is 8.81. The lowest BCUT2D eigenvalue weighted by molar-refractivity contribution is 0.185. The number of ether oxygens (including phenoxy) is 1. The van der Waals surface area contributed by atoms with Gasteiger partial charge in [0, 0.05) is 19.0 Å². The van der Waals surface area contributed by atoms with Gasteiger partial charge in [-0.25, -0.2) is 4.98 Å². The smallest absolute Gasteiger partial charge is 0.183 e. The highest BCUT2D eigenvalue weighted by atomic mass is 32.1. The topological polar surface area (TPSA) is 34.1 Å². The van der Waals surface area contributed by atoms with Crippen LogP contribution < -0.4 is 5.32 Å². The van der Waals surface area contributed by atoms with Crippen LogP contribution in [0.4, 0.5) is 5.13 Å². The van der Waals surface area contributed by atoms with Crippen molar-refractivity contribution >= 4 is 16.5 Å². The number of nitrogens with zero attached hydrogens (tertiary/aromatic N) is 1. The minimum Gasteiger partial charge on any atom is -0.380 e. The van der Waals surface area contributed by atoms with Crippen LogP contribution >= 0.6 is 11.3 Å². The predicted octanol–water partition coefficient (Wildman–Crippen LogP) is 3.46. The standard InChI is InChI=1S/C14H18N2OS/c1-3-13-10-18-14(16-13)15-8-11-5-4-6-12(7-11)9-17-2/h4-7,10H,3,8-9H2,1-2H3,(H,15,16). The molecule has 0 aliphatic carbocycles. The van der Waals surface area contributed by atoms with Gasteiger partial charge in [-0.1, -0.05) is 31.2 Å². The van der Waals surface area contributed by atoms with Gasteiger partial charge >= 0.3 is 0 Å². The second kappa shape index (κ2) is 6.52. The number of nitrogens with one attached hydrogen (secondary N) is 1. The molecule has 2 rings (SSSR count). The minimum atomic E-state index is 0.658. The van der Waals surface area contributed by atoms with Gasteiger partial charge in [0.15, 0.2) is 5.13 Å². The Bertz CT molecular complexity index is 496. The Balaban J connectivity index is 1.94. The number of benzene rings is 1. The molecule has 1 heterocycles. The second-order valence-corrected chi connectivity index (χ2v) is 4.96. The summed E-state index contributed by atoms with van der Waals surface area (Å²) in [5, 5.41) is 6.44. The fourth-order valence-corrected chi connectivity index (χ4v) is 2.52. The third-order valence-corrected chi connectivity index (χ3v) is 3.51. The van der Waals surface area contributed by atoms with Crippen LogP contribution in [0.5, 0.6) is 0 Å². The van der Waals surface area contributed by atoms with Gasteiger partial charge in [-0.05, 0) is 17.5 Å². The highest BCUT2D eigenvalue weighted by Gasteiger charge is 2.00. The van der Waals surface area contributed by atoms with Crippen molar-refractivity contribution in [1.82, 2.24) is 4.98 Å². The van der Waals surface area contributed by atoms with Gasteiger partial charge in [-0.3, -0.25) is 0 Å². The van der Waals surface area contributed by atoms with Crippen LogP contribution in [0.2, 0.25) is 0 Å². The largest absolute Gasteiger partial charge is 0.380 e. The van der Waals surface area contributed by atoms with Crippen molar-refractivity contribution in [1.29, 1.82) is 0 Å². The Morgan fingerprint density at radius 1 is 1.33 bits per heavy atom. The van der Waals surface area contributed by atoms with Crippen LogP contribution in [0.1, 0.15) is 23.7 Å². The Morgan fingerprint density at radius 3 is 2.89 bits per heavy atom. The molecule has 2 aromatic rings. The zero-order valence-corrected chi connectivity index (χ0v) is 11.6. The van der Waals surface area contributed by atoms with Crippen LogP contribution in [-0.2, 0) is 24.3 Å². The normalized spacial score (nSPS) is 10.6. The van der Waals surface area contributed by atoms with Gasteiger partial charge in [-0.15, -0.1) is 11.3 Å². The first kappa shape index (κ1) is 13.1. The Hall–Kier alpha value is -1.39. The van der Waals surface area contributed by atoms with Crippen molar-refractivity contribution < 1.29 is 4.74 Å². The third kappa shape index (κ3) is 3.55. The van der Waals surface area contributed by atoms with Gasteiger partial charge < -0.3 is 10.1 Å². The average Bonchev–Trinajstić information content (AvgIpc) is 2.85. The lowest BCUT2D eigenvalue weighted by atomic mass is 10.1. The van der Waals surface area contributed by atoms with Crippen LogP contribution in [0.3, 0.4) is 0 Å². The number of hydrogen-bond donors (Lipinski definition) is 1. The van der Waals surface area contributed by atoms with E-state index < -0.39 is 0 Å². The first-order valence-corrected chi connectivity index (χ1v) is 6.94. The highest BCUT2D eigenvalue weighted by molar-refractivity contribution is 7.13. The number of thiazole rings is 1. The molecule has 3 nitrogen and oxygen atoms in total. The summed E-state index contributed by atoms with van der Waals surface area (Å²) in [6.45, 7) is 3.58. The van der Waals surface area contributed by atoms with Crippen molar-refractivity contribution in [2.45, 2.75) is 26.5 Å². The Kier molecular flexibility index (Phi) is 4.73. The van der Waals surface area contributed by atoms with Crippen molar-refractivity contribution in [2.75, 3.05) is 12.4 Å². The number of aryl methyl sites for hydroxylation is 1. The molecule has 1 N–H and O–H groups in total.